The van der Waals surface area contributed by atoms with Crippen molar-refractivity contribution in [2.45, 2.75) is 40.0 Å². The molecule has 0 unspecified atom stereocenters. The van der Waals surface area contributed by atoms with Crippen LogP contribution in [0.25, 0.3) is 11.1 Å². The lowest BCUT2D eigenvalue weighted by molar-refractivity contribution is -0.132. The van der Waals surface area contributed by atoms with Gasteiger partial charge in [-0.2, -0.15) is 0 Å². The number of carbonyl (C=O) groups excluding carboxylic acids is 2. The van der Waals surface area contributed by atoms with Crippen molar-refractivity contribution in [2.75, 3.05) is 14.1 Å². The largest absolute Gasteiger partial charge is 0.347 e. The van der Waals surface area contributed by atoms with Crippen LogP contribution in [0, 0.1) is 0 Å². The number of carbonyl (C=O) groups is 2. The average molecular weight is 449 g/mol. The van der Waals surface area contributed by atoms with Crippen molar-refractivity contribution in [1.82, 2.24) is 10.8 Å². The number of Topliss-reactive ketones (excluding diaryl/α,β-unsaturated/α-hetero) is 1. The number of rotatable bonds is 10. The van der Waals surface area contributed by atoms with Crippen molar-refractivity contribution in [3.63, 3.8) is 0 Å². The van der Waals surface area contributed by atoms with Gasteiger partial charge in [-0.3, -0.25) is 19.6 Å². The van der Waals surface area contributed by atoms with Crippen LogP contribution in [0.2, 0.25) is 0 Å². The third kappa shape index (κ3) is 7.14. The molecule has 174 valence electrons. The van der Waals surface area contributed by atoms with E-state index in [4.69, 9.17) is 0 Å². The van der Waals surface area contributed by atoms with Gasteiger partial charge in [0.15, 0.2) is 11.6 Å². The Morgan fingerprint density at radius 2 is 1.73 bits per heavy atom. The molecule has 0 bridgehead atoms. The minimum atomic E-state index is 0.0503. The fraction of sp³-hybridized carbons (Fsp3) is 0.308. The van der Waals surface area contributed by atoms with Crippen molar-refractivity contribution in [3.05, 3.63) is 70.9 Å². The quantitative estimate of drug-likeness (QED) is 0.187. The van der Waals surface area contributed by atoms with Gasteiger partial charge in [-0.05, 0) is 37.0 Å². The second-order valence-electron chi connectivity index (χ2n) is 7.50. The molecular formula is C26H32N4O3. The topological polar surface area (TPSA) is 92.2 Å². The summed E-state index contributed by atoms with van der Waals surface area (Å²) in [6, 6.07) is 15.8. The minimum absolute atomic E-state index is 0.0503. The Labute approximate surface area is 195 Å². The number of ketones is 1. The van der Waals surface area contributed by atoms with Crippen molar-refractivity contribution in [3.8, 4) is 11.1 Å². The van der Waals surface area contributed by atoms with Crippen molar-refractivity contribution < 1.29 is 14.4 Å². The highest BCUT2D eigenvalue weighted by atomic mass is 16.7. The second kappa shape index (κ2) is 13.0. The number of hydrogen-bond acceptors (Lipinski definition) is 5. The Balaban J connectivity index is 2.38. The first-order valence-electron chi connectivity index (χ1n) is 10.9. The average Bonchev–Trinajstić information content (AvgIpc) is 2.83. The maximum Gasteiger partial charge on any atom is 0.320 e. The number of nitrogens with one attached hydrogen (secondary N) is 2. The first kappa shape index (κ1) is 25.5. The SMILES string of the molecule is CCC/C(NC(C)=NC)=C(\Cc1ccc(-c2ccccc2C(=NC)NOC=O)cc1)C(C)=O. The van der Waals surface area contributed by atoms with Crippen LogP contribution in [0.1, 0.15) is 44.7 Å². The minimum Gasteiger partial charge on any atom is -0.347 e. The smallest absolute Gasteiger partial charge is 0.320 e. The Morgan fingerprint density at radius 1 is 1.03 bits per heavy atom. The number of hydrogen-bond donors (Lipinski definition) is 2. The Kier molecular flexibility index (Phi) is 10.0. The molecule has 2 rings (SSSR count). The van der Waals surface area contributed by atoms with Gasteiger partial charge in [0.2, 0.25) is 0 Å². The molecule has 33 heavy (non-hydrogen) atoms. The van der Waals surface area contributed by atoms with E-state index in [1.54, 1.807) is 21.0 Å². The number of allylic oxidation sites excluding steroid dienone is 2. The monoisotopic (exact) mass is 448 g/mol. The van der Waals surface area contributed by atoms with E-state index in [9.17, 15) is 9.59 Å². The fourth-order valence-corrected chi connectivity index (χ4v) is 3.51. The van der Waals surface area contributed by atoms with Gasteiger partial charge in [0.1, 0.15) is 0 Å². The predicted octanol–water partition coefficient (Wildman–Crippen LogP) is 4.23. The standard InChI is InChI=1S/C26H32N4O3/c1-6-9-25(29-19(3)27-4)24(18(2)32)16-20-12-14-21(15-13-20)22-10-7-8-11-23(22)26(28-5)30-33-17-31/h7-8,10-15,17H,6,9,16H2,1-5H3,(H,27,29)(H,28,30)/b25-24-. The van der Waals surface area contributed by atoms with Crippen LogP contribution in [-0.4, -0.2) is 38.0 Å². The summed E-state index contributed by atoms with van der Waals surface area (Å²) < 4.78 is 0. The molecule has 0 aliphatic rings. The van der Waals surface area contributed by atoms with E-state index in [0.717, 1.165) is 52.2 Å². The van der Waals surface area contributed by atoms with Gasteiger partial charge in [0, 0.05) is 37.3 Å². The van der Waals surface area contributed by atoms with Gasteiger partial charge in [0.05, 0.1) is 5.84 Å². The van der Waals surface area contributed by atoms with Gasteiger partial charge >= 0.3 is 6.47 Å². The molecule has 0 spiro atoms. The zero-order chi connectivity index (χ0) is 24.2. The molecule has 0 saturated carbocycles. The summed E-state index contributed by atoms with van der Waals surface area (Å²) in [5.41, 5.74) is 8.02. The van der Waals surface area contributed by atoms with Crippen LogP contribution < -0.4 is 10.8 Å². The van der Waals surface area contributed by atoms with Crippen LogP contribution in [0.15, 0.2) is 69.8 Å². The highest BCUT2D eigenvalue weighted by Gasteiger charge is 2.14. The number of amidine groups is 2. The van der Waals surface area contributed by atoms with E-state index in [-0.39, 0.29) is 5.78 Å². The third-order valence-corrected chi connectivity index (χ3v) is 5.21. The highest BCUT2D eigenvalue weighted by Crippen LogP contribution is 2.25. The summed E-state index contributed by atoms with van der Waals surface area (Å²) in [6.07, 6.45) is 2.24. The second-order valence-corrected chi connectivity index (χ2v) is 7.50. The molecule has 0 fully saturated rings. The molecule has 2 aromatic carbocycles. The van der Waals surface area contributed by atoms with Crippen LogP contribution in [0.4, 0.5) is 0 Å². The first-order valence-corrected chi connectivity index (χ1v) is 10.9. The van der Waals surface area contributed by atoms with Crippen molar-refractivity contribution in [2.24, 2.45) is 9.98 Å². The molecular weight excluding hydrogens is 416 g/mol. The van der Waals surface area contributed by atoms with Gasteiger partial charge in [-0.1, -0.05) is 61.9 Å². The highest BCUT2D eigenvalue weighted by molar-refractivity contribution is 6.04. The number of benzene rings is 2. The zero-order valence-electron chi connectivity index (χ0n) is 19.9. The van der Waals surface area contributed by atoms with Gasteiger partial charge in [0.25, 0.3) is 0 Å². The third-order valence-electron chi connectivity index (χ3n) is 5.21. The van der Waals surface area contributed by atoms with Crippen molar-refractivity contribution >= 4 is 23.9 Å². The van der Waals surface area contributed by atoms with Gasteiger partial charge in [-0.25, -0.2) is 5.48 Å². The van der Waals surface area contributed by atoms with E-state index >= 15 is 0 Å². The molecule has 0 radical (unpaired) electrons. The number of aliphatic imine (C=N–C) groups is 2. The van der Waals surface area contributed by atoms with E-state index in [2.05, 4.69) is 32.5 Å². The molecule has 7 nitrogen and oxygen atoms in total. The lowest BCUT2D eigenvalue weighted by atomic mass is 9.94. The van der Waals surface area contributed by atoms with Crippen LogP contribution >= 0.6 is 0 Å². The van der Waals surface area contributed by atoms with E-state index in [1.165, 1.54) is 0 Å². The summed E-state index contributed by atoms with van der Waals surface area (Å²) in [7, 11) is 3.35. The summed E-state index contributed by atoms with van der Waals surface area (Å²) in [4.78, 5) is 36.1. The Morgan fingerprint density at radius 3 is 2.30 bits per heavy atom. The zero-order valence-corrected chi connectivity index (χ0v) is 19.9. The lowest BCUT2D eigenvalue weighted by Crippen LogP contribution is -2.24. The van der Waals surface area contributed by atoms with E-state index < -0.39 is 0 Å². The summed E-state index contributed by atoms with van der Waals surface area (Å²) >= 11 is 0. The van der Waals surface area contributed by atoms with Crippen LogP contribution in [0.3, 0.4) is 0 Å². The molecule has 0 amide bonds. The molecule has 0 aromatic heterocycles. The summed E-state index contributed by atoms with van der Waals surface area (Å²) in [5.74, 6) is 1.28. The van der Waals surface area contributed by atoms with Gasteiger partial charge < -0.3 is 10.2 Å². The first-order chi connectivity index (χ1) is 15.9. The number of nitrogens with zero attached hydrogens (tertiary/aromatic N) is 2. The van der Waals surface area contributed by atoms with Crippen molar-refractivity contribution in [1.29, 1.82) is 0 Å². The molecule has 0 aliphatic carbocycles. The van der Waals surface area contributed by atoms with Gasteiger partial charge in [-0.15, -0.1) is 0 Å². The summed E-state index contributed by atoms with van der Waals surface area (Å²) in [5, 5.41) is 3.30. The number of hydroxylamine groups is 1. The Bertz CT molecular complexity index is 1050. The maximum atomic E-state index is 12.5. The molecule has 0 saturated heterocycles. The Hall–Kier alpha value is -3.74. The predicted molar refractivity (Wildman–Crippen MR) is 133 cm³/mol. The van der Waals surface area contributed by atoms with E-state index in [1.807, 2.05) is 55.5 Å². The molecule has 2 N–H and O–H groups in total. The van der Waals surface area contributed by atoms with Crippen LogP contribution in [-0.2, 0) is 20.8 Å². The molecule has 0 heterocycles. The maximum absolute atomic E-state index is 12.5. The molecule has 0 aliphatic heterocycles. The fourth-order valence-electron chi connectivity index (χ4n) is 3.51. The normalized spacial score (nSPS) is 12.6. The molecule has 0 atom stereocenters. The summed E-state index contributed by atoms with van der Waals surface area (Å²) in [6.45, 7) is 5.91. The van der Waals surface area contributed by atoms with Crippen LogP contribution in [0.5, 0.6) is 0 Å². The lowest BCUT2D eigenvalue weighted by Gasteiger charge is -2.16. The van der Waals surface area contributed by atoms with E-state index in [0.29, 0.717) is 18.7 Å². The molecule has 2 aromatic rings. The molecule has 7 heteroatoms.